The van der Waals surface area contributed by atoms with Gasteiger partial charge in [0.25, 0.3) is 5.91 Å². The zero-order valence-corrected chi connectivity index (χ0v) is 19.4. The highest BCUT2D eigenvalue weighted by Crippen LogP contribution is 2.35. The smallest absolute Gasteiger partial charge is 0.270 e. The summed E-state index contributed by atoms with van der Waals surface area (Å²) >= 11 is 0. The lowest BCUT2D eigenvalue weighted by Crippen LogP contribution is -2.49. The molecule has 2 aliphatic heterocycles. The fourth-order valence-electron chi connectivity index (χ4n) is 4.70. The fraction of sp³-hybridized carbons (Fsp3) is 0.417. The number of benzene rings is 2. The van der Waals surface area contributed by atoms with Gasteiger partial charge in [0, 0.05) is 32.1 Å². The first-order valence-electron chi connectivity index (χ1n) is 11.1. The molecule has 2 aromatic rings. The van der Waals surface area contributed by atoms with Crippen LogP contribution in [0.25, 0.3) is 0 Å². The van der Waals surface area contributed by atoms with Crippen molar-refractivity contribution in [2.75, 3.05) is 30.9 Å². The molecule has 4 rings (SSSR count). The highest BCUT2D eigenvalue weighted by molar-refractivity contribution is 7.88. The minimum Gasteiger partial charge on any atom is -0.337 e. The molecule has 1 atom stereocenters. The Labute approximate surface area is 190 Å². The molecule has 170 valence electrons. The largest absolute Gasteiger partial charge is 0.337 e. The Morgan fingerprint density at radius 3 is 2.19 bits per heavy atom. The minimum atomic E-state index is -3.24. The standard InChI is InChI=1S/C24H30N4O3S/c1-3-27(32(2,30)31)20-14-16-26(17-15-20)24(29)22-18-23(19-10-6-4-7-11-19)28(25-22)21-12-8-5-9-13-21/h4-13,20,23H,3,14-18H2,1-2H3. The summed E-state index contributed by atoms with van der Waals surface area (Å²) in [4.78, 5) is 15.2. The summed E-state index contributed by atoms with van der Waals surface area (Å²) in [6.07, 6.45) is 3.08. The third-order valence-electron chi connectivity index (χ3n) is 6.26. The Balaban J connectivity index is 1.50. The molecule has 0 aliphatic carbocycles. The van der Waals surface area contributed by atoms with Crippen molar-refractivity contribution in [2.24, 2.45) is 5.10 Å². The summed E-state index contributed by atoms with van der Waals surface area (Å²) in [5.74, 6) is -0.0507. The normalized spacial score (nSPS) is 20.0. The van der Waals surface area contributed by atoms with Gasteiger partial charge >= 0.3 is 0 Å². The van der Waals surface area contributed by atoms with Crippen LogP contribution in [-0.2, 0) is 14.8 Å². The van der Waals surface area contributed by atoms with Gasteiger partial charge in [0.2, 0.25) is 10.0 Å². The highest BCUT2D eigenvalue weighted by atomic mass is 32.2. The van der Waals surface area contributed by atoms with Gasteiger partial charge in [-0.3, -0.25) is 9.80 Å². The first kappa shape index (κ1) is 22.5. The van der Waals surface area contributed by atoms with Crippen molar-refractivity contribution in [2.45, 2.75) is 38.3 Å². The predicted molar refractivity (Wildman–Crippen MR) is 127 cm³/mol. The number of piperidine rings is 1. The molecule has 2 aliphatic rings. The van der Waals surface area contributed by atoms with Crippen molar-refractivity contribution in [1.29, 1.82) is 0 Å². The number of nitrogens with zero attached hydrogens (tertiary/aromatic N) is 4. The Morgan fingerprint density at radius 1 is 1.03 bits per heavy atom. The first-order valence-corrected chi connectivity index (χ1v) is 13.0. The van der Waals surface area contributed by atoms with Crippen molar-refractivity contribution >= 4 is 27.3 Å². The molecular formula is C24H30N4O3S. The SMILES string of the molecule is CCN(C1CCN(C(=O)C2=NN(c3ccccc3)C(c3ccccc3)C2)CC1)S(C)(=O)=O. The van der Waals surface area contributed by atoms with E-state index in [1.807, 2.05) is 65.4 Å². The van der Waals surface area contributed by atoms with Crippen molar-refractivity contribution in [1.82, 2.24) is 9.21 Å². The quantitative estimate of drug-likeness (QED) is 0.672. The first-order chi connectivity index (χ1) is 15.4. The van der Waals surface area contributed by atoms with E-state index in [4.69, 9.17) is 5.10 Å². The van der Waals surface area contributed by atoms with Crippen molar-refractivity contribution in [3.63, 3.8) is 0 Å². The molecule has 1 unspecified atom stereocenters. The van der Waals surface area contributed by atoms with E-state index in [9.17, 15) is 13.2 Å². The van der Waals surface area contributed by atoms with Gasteiger partial charge in [0.15, 0.2) is 0 Å². The van der Waals surface area contributed by atoms with E-state index in [-0.39, 0.29) is 18.0 Å². The van der Waals surface area contributed by atoms with E-state index in [0.717, 1.165) is 11.3 Å². The summed E-state index contributed by atoms with van der Waals surface area (Å²) in [7, 11) is -3.24. The molecule has 1 saturated heterocycles. The van der Waals surface area contributed by atoms with Crippen molar-refractivity contribution in [3.8, 4) is 0 Å². The number of rotatable bonds is 6. The number of hydrazone groups is 1. The number of hydrogen-bond donors (Lipinski definition) is 0. The second-order valence-corrected chi connectivity index (χ2v) is 10.3. The lowest BCUT2D eigenvalue weighted by Gasteiger charge is -2.36. The van der Waals surface area contributed by atoms with Crippen LogP contribution in [0.3, 0.4) is 0 Å². The number of carbonyl (C=O) groups is 1. The monoisotopic (exact) mass is 454 g/mol. The fourth-order valence-corrected chi connectivity index (χ4v) is 5.92. The van der Waals surface area contributed by atoms with Gasteiger partial charge in [-0.25, -0.2) is 8.42 Å². The zero-order chi connectivity index (χ0) is 22.7. The molecule has 32 heavy (non-hydrogen) atoms. The van der Waals surface area contributed by atoms with Gasteiger partial charge < -0.3 is 4.90 Å². The van der Waals surface area contributed by atoms with E-state index in [0.29, 0.717) is 44.6 Å². The van der Waals surface area contributed by atoms with Crippen molar-refractivity contribution < 1.29 is 13.2 Å². The molecular weight excluding hydrogens is 424 g/mol. The van der Waals surface area contributed by atoms with Crippen LogP contribution in [0.1, 0.15) is 37.8 Å². The molecule has 7 nitrogen and oxygen atoms in total. The van der Waals surface area contributed by atoms with Gasteiger partial charge in [-0.15, -0.1) is 0 Å². The molecule has 0 aromatic heterocycles. The molecule has 0 radical (unpaired) electrons. The van der Waals surface area contributed by atoms with Crippen LogP contribution in [0.15, 0.2) is 65.8 Å². The molecule has 0 spiro atoms. The van der Waals surface area contributed by atoms with Gasteiger partial charge in [0.1, 0.15) is 5.71 Å². The van der Waals surface area contributed by atoms with E-state index in [1.54, 1.807) is 4.31 Å². The topological polar surface area (TPSA) is 73.3 Å². The van der Waals surface area contributed by atoms with Crippen LogP contribution < -0.4 is 5.01 Å². The molecule has 0 N–H and O–H groups in total. The second-order valence-electron chi connectivity index (χ2n) is 8.35. The molecule has 2 heterocycles. The lowest BCUT2D eigenvalue weighted by atomic mass is 10.00. The average Bonchev–Trinajstić information content (AvgIpc) is 3.25. The van der Waals surface area contributed by atoms with E-state index < -0.39 is 10.0 Å². The minimum absolute atomic E-state index is 0.0316. The van der Waals surface area contributed by atoms with Gasteiger partial charge in [-0.2, -0.15) is 9.41 Å². The number of sulfonamides is 1. The Bertz CT molecular complexity index is 1060. The summed E-state index contributed by atoms with van der Waals surface area (Å²) in [6.45, 7) is 3.38. The lowest BCUT2D eigenvalue weighted by molar-refractivity contribution is -0.125. The third kappa shape index (κ3) is 4.71. The summed E-state index contributed by atoms with van der Waals surface area (Å²) in [6, 6.07) is 20.0. The second kappa shape index (κ2) is 9.42. The van der Waals surface area contributed by atoms with Crippen molar-refractivity contribution in [3.05, 3.63) is 66.2 Å². The van der Waals surface area contributed by atoms with Crippen LogP contribution >= 0.6 is 0 Å². The maximum absolute atomic E-state index is 13.3. The number of para-hydroxylation sites is 1. The van der Waals surface area contributed by atoms with Crippen LogP contribution in [0.4, 0.5) is 5.69 Å². The van der Waals surface area contributed by atoms with Gasteiger partial charge in [-0.1, -0.05) is 55.5 Å². The Morgan fingerprint density at radius 2 is 1.62 bits per heavy atom. The third-order valence-corrected chi connectivity index (χ3v) is 7.67. The van der Waals surface area contributed by atoms with Gasteiger partial charge in [0.05, 0.1) is 18.0 Å². The summed E-state index contributed by atoms with van der Waals surface area (Å²) in [5, 5.41) is 6.70. The zero-order valence-electron chi connectivity index (χ0n) is 18.6. The molecule has 1 amide bonds. The molecule has 8 heteroatoms. The number of amides is 1. The van der Waals surface area contributed by atoms with Gasteiger partial charge in [-0.05, 0) is 30.5 Å². The predicted octanol–water partition coefficient (Wildman–Crippen LogP) is 3.27. The number of carbonyl (C=O) groups excluding carboxylic acids is 1. The van der Waals surface area contributed by atoms with Crippen LogP contribution in [0, 0.1) is 0 Å². The summed E-state index contributed by atoms with van der Waals surface area (Å²) in [5.41, 5.74) is 2.62. The highest BCUT2D eigenvalue weighted by Gasteiger charge is 2.36. The molecule has 0 bridgehead atoms. The van der Waals surface area contributed by atoms with Crippen LogP contribution in [0.5, 0.6) is 0 Å². The van der Waals surface area contributed by atoms with E-state index in [2.05, 4.69) is 12.1 Å². The molecule has 0 saturated carbocycles. The molecule has 2 aromatic carbocycles. The van der Waals surface area contributed by atoms with Crippen LogP contribution in [0.2, 0.25) is 0 Å². The number of anilines is 1. The summed E-state index contributed by atoms with van der Waals surface area (Å²) < 4.78 is 25.6. The maximum atomic E-state index is 13.3. The van der Waals surface area contributed by atoms with E-state index in [1.165, 1.54) is 6.26 Å². The van der Waals surface area contributed by atoms with E-state index >= 15 is 0 Å². The molecule has 1 fully saturated rings. The Kier molecular flexibility index (Phi) is 6.62. The number of likely N-dealkylation sites (tertiary alicyclic amines) is 1. The number of hydrogen-bond acceptors (Lipinski definition) is 5. The maximum Gasteiger partial charge on any atom is 0.270 e. The Hall–Kier alpha value is -2.71. The average molecular weight is 455 g/mol. The van der Waals surface area contributed by atoms with Crippen LogP contribution in [-0.4, -0.2) is 61.2 Å².